The lowest BCUT2D eigenvalue weighted by Gasteiger charge is -2.04. The molecule has 2 nitrogen and oxygen atoms in total. The molecule has 1 aromatic rings. The van der Waals surface area contributed by atoms with Gasteiger partial charge in [0.1, 0.15) is 23.2 Å². The van der Waals surface area contributed by atoms with Gasteiger partial charge < -0.3 is 4.74 Å². The molecule has 0 aliphatic heterocycles. The van der Waals surface area contributed by atoms with Crippen molar-refractivity contribution in [3.05, 3.63) is 28.0 Å². The molecule has 68 valence electrons. The standard InChI is InChI=1S/C8H4BrF2NO/c9-5-1-7(11)6(3-12)8(2-5)13-4-10/h1-2H,4H2. The van der Waals surface area contributed by atoms with Gasteiger partial charge in [-0.05, 0) is 12.1 Å². The molecule has 0 fully saturated rings. The Hall–Kier alpha value is -1.15. The van der Waals surface area contributed by atoms with E-state index in [2.05, 4.69) is 20.7 Å². The number of alkyl halides is 1. The minimum Gasteiger partial charge on any atom is -0.461 e. The number of hydrogen-bond acceptors (Lipinski definition) is 2. The van der Waals surface area contributed by atoms with Crippen LogP contribution in [0.4, 0.5) is 8.78 Å². The predicted molar refractivity (Wildman–Crippen MR) is 45.4 cm³/mol. The van der Waals surface area contributed by atoms with Crippen LogP contribution in [0, 0.1) is 17.1 Å². The normalized spacial score (nSPS) is 9.38. The monoisotopic (exact) mass is 247 g/mol. The van der Waals surface area contributed by atoms with Crippen molar-refractivity contribution < 1.29 is 13.5 Å². The quantitative estimate of drug-likeness (QED) is 0.806. The largest absolute Gasteiger partial charge is 0.461 e. The van der Waals surface area contributed by atoms with Gasteiger partial charge in [-0.15, -0.1) is 0 Å². The lowest BCUT2D eigenvalue weighted by Crippen LogP contribution is -1.95. The van der Waals surface area contributed by atoms with E-state index in [1.165, 1.54) is 6.07 Å². The van der Waals surface area contributed by atoms with E-state index >= 15 is 0 Å². The first-order valence-corrected chi connectivity index (χ1v) is 4.06. The minimum absolute atomic E-state index is 0.100. The fraction of sp³-hybridized carbons (Fsp3) is 0.125. The molecule has 0 saturated carbocycles. The average molecular weight is 248 g/mol. The number of nitriles is 1. The Balaban J connectivity index is 3.23. The van der Waals surface area contributed by atoms with Crippen molar-refractivity contribution in [1.29, 1.82) is 5.26 Å². The van der Waals surface area contributed by atoms with E-state index in [1.807, 2.05) is 0 Å². The lowest BCUT2D eigenvalue weighted by atomic mass is 10.2. The number of rotatable bonds is 2. The first-order chi connectivity index (χ1) is 6.19. The molecule has 1 aromatic carbocycles. The Kier molecular flexibility index (Phi) is 3.20. The molecular weight excluding hydrogens is 244 g/mol. The van der Waals surface area contributed by atoms with Gasteiger partial charge in [0.15, 0.2) is 0 Å². The van der Waals surface area contributed by atoms with Gasteiger partial charge in [-0.25, -0.2) is 8.78 Å². The van der Waals surface area contributed by atoms with Crippen LogP contribution in [0.2, 0.25) is 0 Å². The molecule has 13 heavy (non-hydrogen) atoms. The molecule has 0 heterocycles. The molecule has 0 N–H and O–H groups in total. The van der Waals surface area contributed by atoms with Crippen LogP contribution in [-0.4, -0.2) is 6.86 Å². The summed E-state index contributed by atoms with van der Waals surface area (Å²) in [5.41, 5.74) is -0.291. The molecule has 0 spiro atoms. The summed E-state index contributed by atoms with van der Waals surface area (Å²) in [5, 5.41) is 8.51. The number of nitrogens with zero attached hydrogens (tertiary/aromatic N) is 1. The molecule has 0 bridgehead atoms. The van der Waals surface area contributed by atoms with Gasteiger partial charge in [0.2, 0.25) is 6.86 Å². The fourth-order valence-corrected chi connectivity index (χ4v) is 1.24. The number of ether oxygens (including phenoxy) is 1. The van der Waals surface area contributed by atoms with E-state index in [0.29, 0.717) is 4.47 Å². The molecular formula is C8H4BrF2NO. The molecule has 0 unspecified atom stereocenters. The van der Waals surface area contributed by atoms with Crippen molar-refractivity contribution in [2.24, 2.45) is 0 Å². The predicted octanol–water partition coefficient (Wildman–Crippen LogP) is 2.77. The van der Waals surface area contributed by atoms with Crippen molar-refractivity contribution >= 4 is 15.9 Å². The summed E-state index contributed by atoms with van der Waals surface area (Å²) in [5.74, 6) is -0.836. The summed E-state index contributed by atoms with van der Waals surface area (Å²) in [6.07, 6.45) is 0. The van der Waals surface area contributed by atoms with Gasteiger partial charge in [-0.1, -0.05) is 15.9 Å². The van der Waals surface area contributed by atoms with Crippen LogP contribution in [0.1, 0.15) is 5.56 Å². The molecule has 0 amide bonds. The molecule has 0 radical (unpaired) electrons. The van der Waals surface area contributed by atoms with Gasteiger partial charge in [-0.2, -0.15) is 5.26 Å². The summed E-state index contributed by atoms with van der Waals surface area (Å²) in [6.45, 7) is -1.09. The highest BCUT2D eigenvalue weighted by Gasteiger charge is 2.10. The molecule has 0 saturated heterocycles. The van der Waals surface area contributed by atoms with E-state index in [-0.39, 0.29) is 11.3 Å². The van der Waals surface area contributed by atoms with E-state index < -0.39 is 12.7 Å². The molecule has 1 rings (SSSR count). The topological polar surface area (TPSA) is 33.0 Å². The van der Waals surface area contributed by atoms with Crippen LogP contribution in [-0.2, 0) is 0 Å². The van der Waals surface area contributed by atoms with Crippen molar-refractivity contribution in [3.8, 4) is 11.8 Å². The second-order valence-electron chi connectivity index (χ2n) is 2.13. The SMILES string of the molecule is N#Cc1c(F)cc(Br)cc1OCF. The summed E-state index contributed by atoms with van der Waals surface area (Å²) in [6, 6.07) is 4.04. The Labute approximate surface area is 81.9 Å². The maximum Gasteiger partial charge on any atom is 0.228 e. The zero-order valence-corrected chi connectivity index (χ0v) is 7.94. The average Bonchev–Trinajstić information content (AvgIpc) is 2.04. The van der Waals surface area contributed by atoms with Crippen LogP contribution >= 0.6 is 15.9 Å². The smallest absolute Gasteiger partial charge is 0.228 e. The van der Waals surface area contributed by atoms with Gasteiger partial charge in [0.25, 0.3) is 0 Å². The van der Waals surface area contributed by atoms with Crippen molar-refractivity contribution in [1.82, 2.24) is 0 Å². The van der Waals surface area contributed by atoms with Crippen LogP contribution in [0.5, 0.6) is 5.75 Å². The summed E-state index contributed by atoms with van der Waals surface area (Å²) in [4.78, 5) is 0. The highest BCUT2D eigenvalue weighted by molar-refractivity contribution is 9.10. The number of halogens is 3. The third-order valence-corrected chi connectivity index (χ3v) is 1.80. The number of hydrogen-bond donors (Lipinski definition) is 0. The zero-order valence-electron chi connectivity index (χ0n) is 6.35. The lowest BCUT2D eigenvalue weighted by molar-refractivity contribution is 0.190. The maximum atomic E-state index is 13.0. The molecule has 0 aromatic heterocycles. The van der Waals surface area contributed by atoms with Crippen molar-refractivity contribution in [3.63, 3.8) is 0 Å². The zero-order chi connectivity index (χ0) is 9.84. The molecule has 0 aliphatic carbocycles. The van der Waals surface area contributed by atoms with Crippen molar-refractivity contribution in [2.75, 3.05) is 6.86 Å². The third kappa shape index (κ3) is 2.16. The first-order valence-electron chi connectivity index (χ1n) is 3.27. The Bertz CT molecular complexity index is 362. The van der Waals surface area contributed by atoms with Crippen LogP contribution in [0.15, 0.2) is 16.6 Å². The Morgan fingerprint density at radius 2 is 2.23 bits per heavy atom. The highest BCUT2D eigenvalue weighted by atomic mass is 79.9. The fourth-order valence-electron chi connectivity index (χ4n) is 0.831. The Morgan fingerprint density at radius 3 is 2.77 bits per heavy atom. The van der Waals surface area contributed by atoms with Crippen LogP contribution < -0.4 is 4.74 Å². The van der Waals surface area contributed by atoms with E-state index in [0.717, 1.165) is 6.07 Å². The molecule has 0 aliphatic rings. The Morgan fingerprint density at radius 1 is 1.54 bits per heavy atom. The second-order valence-corrected chi connectivity index (χ2v) is 3.04. The van der Waals surface area contributed by atoms with E-state index in [4.69, 9.17) is 5.26 Å². The summed E-state index contributed by atoms with van der Waals surface area (Å²) < 4.78 is 29.6. The van der Waals surface area contributed by atoms with Gasteiger partial charge in [0, 0.05) is 4.47 Å². The van der Waals surface area contributed by atoms with Crippen LogP contribution in [0.25, 0.3) is 0 Å². The van der Waals surface area contributed by atoms with Gasteiger partial charge in [0.05, 0.1) is 0 Å². The van der Waals surface area contributed by atoms with Crippen LogP contribution in [0.3, 0.4) is 0 Å². The second kappa shape index (κ2) is 4.19. The van der Waals surface area contributed by atoms with Gasteiger partial charge in [-0.3, -0.25) is 0 Å². The number of benzene rings is 1. The maximum absolute atomic E-state index is 13.0. The van der Waals surface area contributed by atoms with E-state index in [1.54, 1.807) is 6.07 Å². The van der Waals surface area contributed by atoms with Gasteiger partial charge >= 0.3 is 0 Å². The van der Waals surface area contributed by atoms with Crippen molar-refractivity contribution in [2.45, 2.75) is 0 Å². The molecule has 5 heteroatoms. The van der Waals surface area contributed by atoms with E-state index in [9.17, 15) is 8.78 Å². The summed E-state index contributed by atoms with van der Waals surface area (Å²) in [7, 11) is 0. The molecule has 0 atom stereocenters. The highest BCUT2D eigenvalue weighted by Crippen LogP contribution is 2.26. The first kappa shape index (κ1) is 9.93. The minimum atomic E-state index is -1.09. The third-order valence-electron chi connectivity index (χ3n) is 1.34. The summed E-state index contributed by atoms with van der Waals surface area (Å²) >= 11 is 2.99.